The maximum atomic E-state index is 8.41. The van der Waals surface area contributed by atoms with Gasteiger partial charge in [0.05, 0.1) is 0 Å². The molecule has 0 aromatic carbocycles. The molecule has 0 saturated carbocycles. The van der Waals surface area contributed by atoms with Gasteiger partial charge in [0, 0.05) is 0 Å². The molecular formula is C8H10N2. The molecule has 0 radical (unpaired) electrons. The molecule has 0 aliphatic rings. The lowest BCUT2D eigenvalue weighted by Crippen LogP contribution is -1.92. The zero-order valence-corrected chi connectivity index (χ0v) is 6.47. The van der Waals surface area contributed by atoms with E-state index in [1.165, 1.54) is 0 Å². The maximum absolute atomic E-state index is 8.41. The Labute approximate surface area is 61.4 Å². The molecule has 2 heteroatoms. The second-order valence-electron chi connectivity index (χ2n) is 2.44. The first-order chi connectivity index (χ1) is 4.63. The van der Waals surface area contributed by atoms with Crippen LogP contribution in [0.3, 0.4) is 0 Å². The summed E-state index contributed by atoms with van der Waals surface area (Å²) >= 11 is 0. The van der Waals surface area contributed by atoms with E-state index in [0.717, 1.165) is 5.57 Å². The van der Waals surface area contributed by atoms with Gasteiger partial charge in [0.25, 0.3) is 0 Å². The van der Waals surface area contributed by atoms with Gasteiger partial charge >= 0.3 is 0 Å². The number of nitriles is 2. The summed E-state index contributed by atoms with van der Waals surface area (Å²) in [4.78, 5) is 0. The van der Waals surface area contributed by atoms with Gasteiger partial charge in [-0.2, -0.15) is 10.5 Å². The Bertz CT molecular complexity index is 207. The van der Waals surface area contributed by atoms with Crippen LogP contribution in [0.25, 0.3) is 0 Å². The summed E-state index contributed by atoms with van der Waals surface area (Å²) in [7, 11) is 0. The minimum Gasteiger partial charge on any atom is -0.192 e. The third-order valence-electron chi connectivity index (χ3n) is 1.48. The Kier molecular flexibility index (Phi) is 3.22. The van der Waals surface area contributed by atoms with Crippen LogP contribution in [-0.4, -0.2) is 0 Å². The van der Waals surface area contributed by atoms with Crippen LogP contribution in [0.5, 0.6) is 0 Å². The fraction of sp³-hybridized carbons (Fsp3) is 0.500. The molecule has 0 heterocycles. The number of hydrogen-bond donors (Lipinski definition) is 0. The van der Waals surface area contributed by atoms with Crippen LogP contribution < -0.4 is 0 Å². The second kappa shape index (κ2) is 3.69. The summed E-state index contributed by atoms with van der Waals surface area (Å²) in [6, 6.07) is 3.70. The van der Waals surface area contributed by atoms with Crippen molar-refractivity contribution in [3.8, 4) is 12.1 Å². The van der Waals surface area contributed by atoms with Gasteiger partial charge < -0.3 is 0 Å². The quantitative estimate of drug-likeness (QED) is 0.515. The Morgan fingerprint density at radius 2 is 1.60 bits per heavy atom. The van der Waals surface area contributed by atoms with Gasteiger partial charge in [-0.3, -0.25) is 0 Å². The largest absolute Gasteiger partial charge is 0.192 e. The lowest BCUT2D eigenvalue weighted by atomic mass is 10.0. The molecule has 0 amide bonds. The minimum absolute atomic E-state index is 0.245. The maximum Gasteiger partial charge on any atom is 0.128 e. The van der Waals surface area contributed by atoms with Crippen LogP contribution in [0.2, 0.25) is 0 Å². The minimum atomic E-state index is 0.245. The second-order valence-corrected chi connectivity index (χ2v) is 2.44. The molecule has 0 spiro atoms. The first-order valence-electron chi connectivity index (χ1n) is 3.14. The molecule has 0 rings (SSSR count). The molecule has 0 aliphatic carbocycles. The molecule has 0 aliphatic heterocycles. The van der Waals surface area contributed by atoms with Crippen molar-refractivity contribution in [2.75, 3.05) is 0 Å². The Balaban J connectivity index is 4.70. The summed E-state index contributed by atoms with van der Waals surface area (Å²) < 4.78 is 0. The van der Waals surface area contributed by atoms with E-state index in [0.29, 0.717) is 0 Å². The van der Waals surface area contributed by atoms with Crippen molar-refractivity contribution in [3.05, 3.63) is 11.1 Å². The van der Waals surface area contributed by atoms with E-state index in [9.17, 15) is 0 Å². The van der Waals surface area contributed by atoms with Crippen molar-refractivity contribution in [1.82, 2.24) is 0 Å². The van der Waals surface area contributed by atoms with Crippen LogP contribution in [-0.2, 0) is 0 Å². The predicted molar refractivity (Wildman–Crippen MR) is 38.8 cm³/mol. The van der Waals surface area contributed by atoms with E-state index in [1.807, 2.05) is 32.9 Å². The highest BCUT2D eigenvalue weighted by molar-refractivity contribution is 5.39. The van der Waals surface area contributed by atoms with Crippen molar-refractivity contribution >= 4 is 0 Å². The molecule has 0 saturated heterocycles. The number of nitrogens with zero attached hydrogens (tertiary/aromatic N) is 2. The van der Waals surface area contributed by atoms with Gasteiger partial charge in [-0.25, -0.2) is 0 Å². The summed E-state index contributed by atoms with van der Waals surface area (Å²) in [5.41, 5.74) is 1.11. The summed E-state index contributed by atoms with van der Waals surface area (Å²) in [5, 5.41) is 16.8. The Morgan fingerprint density at radius 3 is 1.70 bits per heavy atom. The van der Waals surface area contributed by atoms with Crippen LogP contribution >= 0.6 is 0 Å². The van der Waals surface area contributed by atoms with Crippen LogP contribution in [0, 0.1) is 28.6 Å². The van der Waals surface area contributed by atoms with Gasteiger partial charge in [0.1, 0.15) is 17.7 Å². The van der Waals surface area contributed by atoms with Gasteiger partial charge in [0.2, 0.25) is 0 Å². The zero-order chi connectivity index (χ0) is 8.15. The highest BCUT2D eigenvalue weighted by atomic mass is 14.3. The molecule has 0 aromatic rings. The molecular weight excluding hydrogens is 124 g/mol. The third kappa shape index (κ3) is 1.91. The van der Waals surface area contributed by atoms with E-state index in [4.69, 9.17) is 10.5 Å². The van der Waals surface area contributed by atoms with Crippen molar-refractivity contribution in [2.45, 2.75) is 20.8 Å². The van der Waals surface area contributed by atoms with Crippen molar-refractivity contribution < 1.29 is 0 Å². The van der Waals surface area contributed by atoms with Gasteiger partial charge in [-0.05, 0) is 18.4 Å². The van der Waals surface area contributed by atoms with Crippen LogP contribution in [0.15, 0.2) is 11.1 Å². The van der Waals surface area contributed by atoms with E-state index in [1.54, 1.807) is 0 Å². The van der Waals surface area contributed by atoms with Gasteiger partial charge in [-0.15, -0.1) is 0 Å². The molecule has 0 atom stereocenters. The number of allylic oxidation sites excluding steroid dienone is 2. The smallest absolute Gasteiger partial charge is 0.128 e. The third-order valence-corrected chi connectivity index (χ3v) is 1.48. The summed E-state index contributed by atoms with van der Waals surface area (Å²) in [6.45, 7) is 5.74. The standard InChI is InChI=1S/C8H10N2/c1-6(2)7(3)8(4-9)5-10/h6H,1-3H3. The normalized spacial score (nSPS) is 8.20. The Morgan fingerprint density at radius 1 is 1.20 bits per heavy atom. The molecule has 0 N–H and O–H groups in total. The monoisotopic (exact) mass is 134 g/mol. The van der Waals surface area contributed by atoms with Crippen LogP contribution in [0.1, 0.15) is 20.8 Å². The molecule has 52 valence electrons. The van der Waals surface area contributed by atoms with Crippen LogP contribution in [0.4, 0.5) is 0 Å². The number of hydrogen-bond acceptors (Lipinski definition) is 2. The van der Waals surface area contributed by atoms with Gasteiger partial charge in [-0.1, -0.05) is 13.8 Å². The SMILES string of the molecule is CC(=C(C#N)C#N)C(C)C. The number of rotatable bonds is 1. The topological polar surface area (TPSA) is 47.6 Å². The highest BCUT2D eigenvalue weighted by Gasteiger charge is 2.03. The van der Waals surface area contributed by atoms with Crippen molar-refractivity contribution in [3.63, 3.8) is 0 Å². The fourth-order valence-corrected chi connectivity index (χ4v) is 0.490. The molecule has 2 nitrogen and oxygen atoms in total. The molecule has 10 heavy (non-hydrogen) atoms. The first kappa shape index (κ1) is 8.72. The zero-order valence-electron chi connectivity index (χ0n) is 6.47. The van der Waals surface area contributed by atoms with E-state index in [2.05, 4.69) is 0 Å². The molecule has 0 bridgehead atoms. The average Bonchev–Trinajstić information content (AvgIpc) is 1.90. The first-order valence-corrected chi connectivity index (χ1v) is 3.14. The van der Waals surface area contributed by atoms with E-state index in [-0.39, 0.29) is 11.5 Å². The summed E-state index contributed by atoms with van der Waals surface area (Å²) in [5.74, 6) is 0.286. The van der Waals surface area contributed by atoms with E-state index < -0.39 is 0 Å². The lowest BCUT2D eigenvalue weighted by Gasteiger charge is -2.02. The van der Waals surface area contributed by atoms with E-state index >= 15 is 0 Å². The summed E-state index contributed by atoms with van der Waals surface area (Å²) in [6.07, 6.45) is 0. The molecule has 0 aromatic heterocycles. The fourth-order valence-electron chi connectivity index (χ4n) is 0.490. The predicted octanol–water partition coefficient (Wildman–Crippen LogP) is 2.01. The Hall–Kier alpha value is -1.28. The lowest BCUT2D eigenvalue weighted by molar-refractivity contribution is 0.765. The van der Waals surface area contributed by atoms with Gasteiger partial charge in [0.15, 0.2) is 0 Å². The average molecular weight is 134 g/mol. The van der Waals surface area contributed by atoms with Crippen molar-refractivity contribution in [1.29, 1.82) is 10.5 Å². The molecule has 0 unspecified atom stereocenters. The molecule has 0 fully saturated rings. The van der Waals surface area contributed by atoms with Crippen molar-refractivity contribution in [2.24, 2.45) is 5.92 Å². The highest BCUT2D eigenvalue weighted by Crippen LogP contribution is 2.12.